The fraction of sp³-hybridized carbons (Fsp3) is 0.474. The Hall–Kier alpha value is -1.35. The summed E-state index contributed by atoms with van der Waals surface area (Å²) in [5.74, 6) is 1.25. The Bertz CT molecular complexity index is 699. The van der Waals surface area contributed by atoms with E-state index >= 15 is 0 Å². The highest BCUT2D eigenvalue weighted by atomic mass is 127. The van der Waals surface area contributed by atoms with Gasteiger partial charge in [0.25, 0.3) is 0 Å². The maximum absolute atomic E-state index is 4.66. The molecule has 0 saturated carbocycles. The Labute approximate surface area is 178 Å². The number of nitrogens with one attached hydrogen (secondary N) is 2. The normalized spacial score (nSPS) is 12.3. The number of aromatic nitrogens is 1. The van der Waals surface area contributed by atoms with Gasteiger partial charge in [-0.1, -0.05) is 36.8 Å². The number of anilines is 1. The summed E-state index contributed by atoms with van der Waals surface area (Å²) in [7, 11) is 4.01. The summed E-state index contributed by atoms with van der Waals surface area (Å²) in [6.45, 7) is 8.70. The second kappa shape index (κ2) is 11.4. The largest absolute Gasteiger partial charge is 0.357 e. The zero-order valence-electron chi connectivity index (χ0n) is 16.2. The van der Waals surface area contributed by atoms with Crippen LogP contribution in [0.25, 0.3) is 0 Å². The van der Waals surface area contributed by atoms with Crippen LogP contribution in [0.2, 0.25) is 0 Å². The summed E-state index contributed by atoms with van der Waals surface area (Å²) in [6.07, 6.45) is 0. The third kappa shape index (κ3) is 7.11. The number of guanidine groups is 1. The van der Waals surface area contributed by atoms with Gasteiger partial charge in [0.2, 0.25) is 0 Å². The number of aryl methyl sites for hydroxylation is 1. The number of aliphatic imine (C=N–C) groups is 1. The van der Waals surface area contributed by atoms with Crippen LogP contribution >= 0.6 is 35.3 Å². The zero-order chi connectivity index (χ0) is 18.2. The van der Waals surface area contributed by atoms with Crippen LogP contribution in [0.1, 0.15) is 36.6 Å². The molecule has 5 nitrogen and oxygen atoms in total. The summed E-state index contributed by atoms with van der Waals surface area (Å²) >= 11 is 1.64. The van der Waals surface area contributed by atoms with Crippen molar-refractivity contribution in [2.45, 2.75) is 33.2 Å². The first-order valence-electron chi connectivity index (χ1n) is 8.70. The third-order valence-corrected chi connectivity index (χ3v) is 4.91. The lowest BCUT2D eigenvalue weighted by molar-refractivity contribution is 0.699. The quantitative estimate of drug-likeness (QED) is 0.352. The van der Waals surface area contributed by atoms with Crippen LogP contribution in [-0.2, 0) is 6.54 Å². The van der Waals surface area contributed by atoms with Crippen molar-refractivity contribution in [1.82, 2.24) is 15.6 Å². The van der Waals surface area contributed by atoms with Crippen molar-refractivity contribution in [3.63, 3.8) is 0 Å². The summed E-state index contributed by atoms with van der Waals surface area (Å²) < 4.78 is 0. The fourth-order valence-corrected chi connectivity index (χ4v) is 3.17. The standard InChI is InChI=1S/C19H29N5S.HI/c1-6-20-18(22-12-17-13-25-19(23-17)24(4)5)21-11-15(3)16-9-7-8-14(2)10-16;/h7-10,13,15H,6,11-12H2,1-5H3,(H2,20,21,22);1H. The Morgan fingerprint density at radius 1 is 1.31 bits per heavy atom. The predicted molar refractivity (Wildman–Crippen MR) is 124 cm³/mol. The third-order valence-electron chi connectivity index (χ3n) is 3.85. The number of nitrogens with zero attached hydrogens (tertiary/aromatic N) is 3. The van der Waals surface area contributed by atoms with Gasteiger partial charge in [-0.05, 0) is 25.3 Å². The monoisotopic (exact) mass is 487 g/mol. The minimum absolute atomic E-state index is 0. The SMILES string of the molecule is CCNC(=NCc1csc(N(C)C)n1)NCC(C)c1cccc(C)c1.I. The lowest BCUT2D eigenvalue weighted by Gasteiger charge is -2.16. The first-order chi connectivity index (χ1) is 12.0. The highest BCUT2D eigenvalue weighted by molar-refractivity contribution is 14.0. The van der Waals surface area contributed by atoms with Crippen molar-refractivity contribution in [2.24, 2.45) is 4.99 Å². The number of benzene rings is 1. The number of hydrogen-bond acceptors (Lipinski definition) is 4. The van der Waals surface area contributed by atoms with E-state index in [-0.39, 0.29) is 24.0 Å². The van der Waals surface area contributed by atoms with E-state index in [1.165, 1.54) is 11.1 Å². The smallest absolute Gasteiger partial charge is 0.191 e. The van der Waals surface area contributed by atoms with Gasteiger partial charge in [-0.25, -0.2) is 9.98 Å². The molecule has 0 aliphatic heterocycles. The van der Waals surface area contributed by atoms with E-state index in [2.05, 4.69) is 71.0 Å². The second-order valence-corrected chi connectivity index (χ2v) is 7.24. The highest BCUT2D eigenvalue weighted by Crippen LogP contribution is 2.18. The fourth-order valence-electron chi connectivity index (χ4n) is 2.42. The first kappa shape index (κ1) is 22.7. The van der Waals surface area contributed by atoms with Crippen molar-refractivity contribution in [3.8, 4) is 0 Å². The van der Waals surface area contributed by atoms with Crippen LogP contribution in [0.5, 0.6) is 0 Å². The lowest BCUT2D eigenvalue weighted by Crippen LogP contribution is -2.39. The topological polar surface area (TPSA) is 52.6 Å². The molecule has 7 heteroatoms. The molecular weight excluding hydrogens is 457 g/mol. The van der Waals surface area contributed by atoms with Gasteiger partial charge in [0.15, 0.2) is 11.1 Å². The van der Waals surface area contributed by atoms with Crippen LogP contribution in [0.15, 0.2) is 34.6 Å². The predicted octanol–water partition coefficient (Wildman–Crippen LogP) is 3.99. The molecule has 144 valence electrons. The van der Waals surface area contributed by atoms with E-state index in [4.69, 9.17) is 0 Å². The maximum atomic E-state index is 4.66. The number of rotatable bonds is 7. The first-order valence-corrected chi connectivity index (χ1v) is 9.58. The van der Waals surface area contributed by atoms with E-state index in [1.54, 1.807) is 11.3 Å². The Morgan fingerprint density at radius 2 is 2.08 bits per heavy atom. The second-order valence-electron chi connectivity index (χ2n) is 6.41. The van der Waals surface area contributed by atoms with Crippen molar-refractivity contribution in [3.05, 3.63) is 46.5 Å². The zero-order valence-corrected chi connectivity index (χ0v) is 19.4. The van der Waals surface area contributed by atoms with Crippen molar-refractivity contribution >= 4 is 46.4 Å². The molecule has 0 saturated heterocycles. The molecule has 2 aromatic rings. The van der Waals surface area contributed by atoms with E-state index in [0.717, 1.165) is 29.9 Å². The summed E-state index contributed by atoms with van der Waals surface area (Å²) in [6, 6.07) is 8.67. The molecule has 1 heterocycles. The average molecular weight is 487 g/mol. The minimum atomic E-state index is 0. The van der Waals surface area contributed by atoms with E-state index in [1.807, 2.05) is 19.0 Å². The van der Waals surface area contributed by atoms with E-state index in [9.17, 15) is 0 Å². The lowest BCUT2D eigenvalue weighted by atomic mass is 9.99. The molecule has 1 aromatic heterocycles. The Morgan fingerprint density at radius 3 is 2.69 bits per heavy atom. The molecule has 0 amide bonds. The van der Waals surface area contributed by atoms with Gasteiger partial charge in [0.1, 0.15) is 0 Å². The molecule has 0 spiro atoms. The molecule has 0 bridgehead atoms. The van der Waals surface area contributed by atoms with E-state index < -0.39 is 0 Å². The number of halogens is 1. The molecule has 0 aliphatic rings. The van der Waals surface area contributed by atoms with Crippen molar-refractivity contribution in [2.75, 3.05) is 32.1 Å². The van der Waals surface area contributed by atoms with Gasteiger partial charge in [-0.2, -0.15) is 0 Å². The van der Waals surface area contributed by atoms with Crippen LogP contribution < -0.4 is 15.5 Å². The molecule has 1 aromatic carbocycles. The highest BCUT2D eigenvalue weighted by Gasteiger charge is 2.08. The molecule has 0 radical (unpaired) electrons. The molecular formula is C19H30IN5S. The minimum Gasteiger partial charge on any atom is -0.357 e. The average Bonchev–Trinajstić information content (AvgIpc) is 3.06. The van der Waals surface area contributed by atoms with Gasteiger partial charge in [0, 0.05) is 32.6 Å². The van der Waals surface area contributed by atoms with Crippen LogP contribution in [0, 0.1) is 6.92 Å². The molecule has 2 rings (SSSR count). The van der Waals surface area contributed by atoms with Crippen LogP contribution in [0.4, 0.5) is 5.13 Å². The Balaban J connectivity index is 0.00000338. The maximum Gasteiger partial charge on any atom is 0.191 e. The summed E-state index contributed by atoms with van der Waals surface area (Å²) in [4.78, 5) is 11.3. The Kier molecular flexibility index (Phi) is 9.93. The van der Waals surface area contributed by atoms with Gasteiger partial charge in [-0.15, -0.1) is 35.3 Å². The summed E-state index contributed by atoms with van der Waals surface area (Å²) in [5, 5.41) is 9.82. The van der Waals surface area contributed by atoms with Gasteiger partial charge in [-0.3, -0.25) is 0 Å². The van der Waals surface area contributed by atoms with Crippen LogP contribution in [0.3, 0.4) is 0 Å². The van der Waals surface area contributed by atoms with Gasteiger partial charge < -0.3 is 15.5 Å². The van der Waals surface area contributed by atoms with Crippen LogP contribution in [-0.4, -0.2) is 38.1 Å². The molecule has 0 aliphatic carbocycles. The number of thiazole rings is 1. The van der Waals surface area contributed by atoms with Crippen molar-refractivity contribution < 1.29 is 0 Å². The summed E-state index contributed by atoms with van der Waals surface area (Å²) in [5.41, 5.74) is 3.64. The van der Waals surface area contributed by atoms with Crippen molar-refractivity contribution in [1.29, 1.82) is 0 Å². The molecule has 1 unspecified atom stereocenters. The number of hydrogen-bond donors (Lipinski definition) is 2. The van der Waals surface area contributed by atoms with E-state index in [0.29, 0.717) is 12.5 Å². The van der Waals surface area contributed by atoms with Gasteiger partial charge >= 0.3 is 0 Å². The van der Waals surface area contributed by atoms with Gasteiger partial charge in [0.05, 0.1) is 12.2 Å². The molecule has 1 atom stereocenters. The molecule has 26 heavy (non-hydrogen) atoms. The molecule has 2 N–H and O–H groups in total. The molecule has 0 fully saturated rings.